The minimum Gasteiger partial charge on any atom is -0.369 e. The summed E-state index contributed by atoms with van der Waals surface area (Å²) < 4.78 is 8.10. The SMILES string of the molecule is CC(=O)Nc1cnn2c1C1(CCCCO1)CCC2. The van der Waals surface area contributed by atoms with Crippen molar-refractivity contribution in [3.8, 4) is 0 Å². The van der Waals surface area contributed by atoms with Gasteiger partial charge in [0.1, 0.15) is 5.60 Å². The van der Waals surface area contributed by atoms with E-state index in [9.17, 15) is 4.79 Å². The molecule has 1 amide bonds. The van der Waals surface area contributed by atoms with Gasteiger partial charge in [0.15, 0.2) is 0 Å². The van der Waals surface area contributed by atoms with Gasteiger partial charge in [-0.25, -0.2) is 0 Å². The Kier molecular flexibility index (Phi) is 2.86. The van der Waals surface area contributed by atoms with Crippen molar-refractivity contribution in [3.63, 3.8) is 0 Å². The van der Waals surface area contributed by atoms with Crippen LogP contribution >= 0.6 is 0 Å². The van der Waals surface area contributed by atoms with Gasteiger partial charge in [-0.2, -0.15) is 5.10 Å². The van der Waals surface area contributed by atoms with Crippen molar-refractivity contribution in [3.05, 3.63) is 11.9 Å². The molecule has 3 rings (SSSR count). The highest BCUT2D eigenvalue weighted by molar-refractivity contribution is 5.89. The molecule has 1 saturated heterocycles. The number of anilines is 1. The summed E-state index contributed by atoms with van der Waals surface area (Å²) in [4.78, 5) is 11.3. The number of rotatable bonds is 1. The summed E-state index contributed by atoms with van der Waals surface area (Å²) in [6.07, 6.45) is 7.22. The number of ether oxygens (including phenoxy) is 1. The van der Waals surface area contributed by atoms with Crippen LogP contribution in [-0.2, 0) is 21.7 Å². The van der Waals surface area contributed by atoms with E-state index in [1.54, 1.807) is 6.20 Å². The number of nitrogens with one attached hydrogen (secondary N) is 1. The lowest BCUT2D eigenvalue weighted by molar-refractivity contribution is -0.114. The number of hydrogen-bond donors (Lipinski definition) is 1. The summed E-state index contributed by atoms with van der Waals surface area (Å²) in [5, 5.41) is 7.26. The van der Waals surface area contributed by atoms with E-state index in [2.05, 4.69) is 10.4 Å². The molecule has 5 nitrogen and oxygen atoms in total. The Balaban J connectivity index is 2.01. The van der Waals surface area contributed by atoms with Gasteiger partial charge in [0.2, 0.25) is 5.91 Å². The van der Waals surface area contributed by atoms with Gasteiger partial charge < -0.3 is 10.1 Å². The molecule has 98 valence electrons. The Bertz CT molecular complexity index is 461. The lowest BCUT2D eigenvalue weighted by atomic mass is 9.83. The van der Waals surface area contributed by atoms with Crippen molar-refractivity contribution in [2.75, 3.05) is 11.9 Å². The first-order chi connectivity index (χ1) is 8.71. The van der Waals surface area contributed by atoms with Crippen LogP contribution in [0.4, 0.5) is 5.69 Å². The first kappa shape index (κ1) is 11.7. The Morgan fingerprint density at radius 1 is 1.44 bits per heavy atom. The molecular formula is C13H19N3O2. The zero-order valence-electron chi connectivity index (χ0n) is 10.7. The summed E-state index contributed by atoms with van der Waals surface area (Å²) >= 11 is 0. The third-order valence-corrected chi connectivity index (χ3v) is 3.89. The maximum Gasteiger partial charge on any atom is 0.221 e. The molecule has 1 spiro atoms. The molecule has 0 bridgehead atoms. The number of amides is 1. The monoisotopic (exact) mass is 249 g/mol. The summed E-state index contributed by atoms with van der Waals surface area (Å²) in [6, 6.07) is 0. The fourth-order valence-corrected chi connectivity index (χ4v) is 3.19. The number of aryl methyl sites for hydroxylation is 1. The molecule has 1 fully saturated rings. The van der Waals surface area contributed by atoms with Gasteiger partial charge >= 0.3 is 0 Å². The Morgan fingerprint density at radius 2 is 2.28 bits per heavy atom. The maximum absolute atomic E-state index is 11.3. The van der Waals surface area contributed by atoms with Crippen molar-refractivity contribution in [2.45, 2.75) is 51.2 Å². The average Bonchev–Trinajstić information content (AvgIpc) is 2.74. The Morgan fingerprint density at radius 3 is 3.00 bits per heavy atom. The van der Waals surface area contributed by atoms with E-state index >= 15 is 0 Å². The zero-order chi connectivity index (χ0) is 12.6. The fraction of sp³-hybridized carbons (Fsp3) is 0.692. The van der Waals surface area contributed by atoms with Gasteiger partial charge in [0.05, 0.1) is 17.6 Å². The predicted octanol–water partition coefficient (Wildman–Crippen LogP) is 2.03. The molecule has 1 aromatic heterocycles. The van der Waals surface area contributed by atoms with E-state index in [4.69, 9.17) is 4.74 Å². The van der Waals surface area contributed by atoms with Crippen LogP contribution in [0.15, 0.2) is 6.20 Å². The van der Waals surface area contributed by atoms with Crippen LogP contribution in [0.25, 0.3) is 0 Å². The van der Waals surface area contributed by atoms with Crippen LogP contribution < -0.4 is 5.32 Å². The van der Waals surface area contributed by atoms with E-state index < -0.39 is 0 Å². The molecule has 5 heteroatoms. The van der Waals surface area contributed by atoms with Crippen LogP contribution in [0.5, 0.6) is 0 Å². The number of carbonyl (C=O) groups is 1. The van der Waals surface area contributed by atoms with Gasteiger partial charge in [-0.1, -0.05) is 0 Å². The first-order valence-electron chi connectivity index (χ1n) is 6.69. The standard InChI is InChI=1S/C13H19N3O2/c1-10(17)15-11-9-14-16-7-4-6-13(12(11)16)5-2-3-8-18-13/h9H,2-8H2,1H3,(H,15,17). The second kappa shape index (κ2) is 4.39. The smallest absolute Gasteiger partial charge is 0.221 e. The summed E-state index contributed by atoms with van der Waals surface area (Å²) in [7, 11) is 0. The van der Waals surface area contributed by atoms with Crippen LogP contribution in [-0.4, -0.2) is 22.3 Å². The van der Waals surface area contributed by atoms with E-state index in [0.29, 0.717) is 0 Å². The van der Waals surface area contributed by atoms with Gasteiger partial charge in [-0.3, -0.25) is 9.48 Å². The summed E-state index contributed by atoms with van der Waals surface area (Å²) in [6.45, 7) is 3.26. The van der Waals surface area contributed by atoms with E-state index in [0.717, 1.165) is 50.2 Å². The van der Waals surface area contributed by atoms with Crippen LogP contribution in [0.1, 0.15) is 44.7 Å². The van der Waals surface area contributed by atoms with Crippen molar-refractivity contribution in [1.29, 1.82) is 0 Å². The molecule has 3 heterocycles. The second-order valence-electron chi connectivity index (χ2n) is 5.21. The highest BCUT2D eigenvalue weighted by Crippen LogP contribution is 2.44. The fourth-order valence-electron chi connectivity index (χ4n) is 3.19. The topological polar surface area (TPSA) is 56.2 Å². The van der Waals surface area contributed by atoms with Crippen molar-refractivity contribution in [1.82, 2.24) is 9.78 Å². The predicted molar refractivity (Wildman–Crippen MR) is 67.2 cm³/mol. The first-order valence-corrected chi connectivity index (χ1v) is 6.69. The second-order valence-corrected chi connectivity index (χ2v) is 5.21. The molecule has 0 aromatic carbocycles. The molecule has 0 saturated carbocycles. The van der Waals surface area contributed by atoms with E-state index in [1.807, 2.05) is 4.68 Å². The van der Waals surface area contributed by atoms with Crippen LogP contribution in [0, 0.1) is 0 Å². The highest BCUT2D eigenvalue weighted by atomic mass is 16.5. The molecule has 0 radical (unpaired) electrons. The number of nitrogens with zero attached hydrogens (tertiary/aromatic N) is 2. The van der Waals surface area contributed by atoms with Gasteiger partial charge in [0, 0.05) is 20.1 Å². The number of hydrogen-bond acceptors (Lipinski definition) is 3. The molecule has 18 heavy (non-hydrogen) atoms. The van der Waals surface area contributed by atoms with Crippen molar-refractivity contribution >= 4 is 11.6 Å². The van der Waals surface area contributed by atoms with Gasteiger partial charge in [-0.05, 0) is 32.1 Å². The summed E-state index contributed by atoms with van der Waals surface area (Å²) in [5.74, 6) is -0.0534. The Labute approximate surface area is 107 Å². The number of carbonyl (C=O) groups excluding carboxylic acids is 1. The van der Waals surface area contributed by atoms with Gasteiger partial charge in [-0.15, -0.1) is 0 Å². The molecule has 2 aliphatic heterocycles. The van der Waals surface area contributed by atoms with Crippen molar-refractivity contribution in [2.24, 2.45) is 0 Å². The quantitative estimate of drug-likeness (QED) is 0.828. The van der Waals surface area contributed by atoms with Crippen LogP contribution in [0.2, 0.25) is 0 Å². The number of fused-ring (bicyclic) bond motifs is 2. The molecule has 1 unspecified atom stereocenters. The number of aromatic nitrogens is 2. The van der Waals surface area contributed by atoms with E-state index in [1.165, 1.54) is 13.3 Å². The average molecular weight is 249 g/mol. The van der Waals surface area contributed by atoms with Crippen LogP contribution in [0.3, 0.4) is 0 Å². The largest absolute Gasteiger partial charge is 0.369 e. The molecular weight excluding hydrogens is 230 g/mol. The third-order valence-electron chi connectivity index (χ3n) is 3.89. The highest BCUT2D eigenvalue weighted by Gasteiger charge is 2.42. The molecule has 0 aliphatic carbocycles. The van der Waals surface area contributed by atoms with E-state index in [-0.39, 0.29) is 11.5 Å². The summed E-state index contributed by atoms with van der Waals surface area (Å²) in [5.41, 5.74) is 1.68. The molecule has 1 atom stereocenters. The third kappa shape index (κ3) is 1.82. The molecule has 1 aromatic rings. The normalized spacial score (nSPS) is 26.9. The minimum absolute atomic E-state index is 0.0534. The Hall–Kier alpha value is -1.36. The lowest BCUT2D eigenvalue weighted by Gasteiger charge is -2.41. The lowest BCUT2D eigenvalue weighted by Crippen LogP contribution is -2.39. The minimum atomic E-state index is -0.217. The van der Waals surface area contributed by atoms with Gasteiger partial charge in [0.25, 0.3) is 0 Å². The maximum atomic E-state index is 11.3. The van der Waals surface area contributed by atoms with Crippen molar-refractivity contribution < 1.29 is 9.53 Å². The zero-order valence-corrected chi connectivity index (χ0v) is 10.7. The molecule has 1 N–H and O–H groups in total. The molecule has 2 aliphatic rings.